The molecule has 0 saturated heterocycles. The fourth-order valence-electron chi connectivity index (χ4n) is 0.700. The first kappa shape index (κ1) is 18.2. The molecule has 0 rings (SSSR count). The molecule has 19 heavy (non-hydrogen) atoms. The van der Waals surface area contributed by atoms with Crippen molar-refractivity contribution < 1.29 is 52.9 Å². The maximum atomic E-state index is 10.9. The average molecular weight is 322 g/mol. The van der Waals surface area contributed by atoms with Gasteiger partial charge in [0.2, 0.25) is 0 Å². The Hall–Kier alpha value is -0.800. The Balaban J connectivity index is 4.12. The number of aliphatic hydroxyl groups is 1. The normalized spacial score (nSPS) is 13.7. The first-order valence-corrected chi connectivity index (χ1v) is 8.10. The van der Waals surface area contributed by atoms with E-state index in [4.69, 9.17) is 24.7 Å². The first-order valence-electron chi connectivity index (χ1n) is 4.50. The molecule has 0 aromatic heterocycles. The predicted octanol–water partition coefficient (Wildman–Crippen LogP) is -1.91. The van der Waals surface area contributed by atoms with Gasteiger partial charge in [-0.2, -0.15) is 0 Å². The molecular weight excluding hydrogens is 310 g/mol. The van der Waals surface area contributed by atoms with Crippen LogP contribution in [0.2, 0.25) is 0 Å². The van der Waals surface area contributed by atoms with Crippen LogP contribution in [0.1, 0.15) is 6.42 Å². The van der Waals surface area contributed by atoms with Gasteiger partial charge in [0.15, 0.2) is 18.8 Å². The van der Waals surface area contributed by atoms with E-state index in [1.807, 2.05) is 0 Å². The van der Waals surface area contributed by atoms with Crippen LogP contribution in [0.5, 0.6) is 0 Å². The van der Waals surface area contributed by atoms with Gasteiger partial charge in [0, 0.05) is 0 Å². The van der Waals surface area contributed by atoms with Gasteiger partial charge in [0.05, 0.1) is 6.42 Å². The number of esters is 2. The van der Waals surface area contributed by atoms with Crippen molar-refractivity contribution in [2.45, 2.75) is 12.5 Å². The molecule has 0 heterocycles. The molecule has 5 N–H and O–H groups in total. The summed E-state index contributed by atoms with van der Waals surface area (Å²) >= 11 is 0. The Morgan fingerprint density at radius 1 is 0.947 bits per heavy atom. The predicted molar refractivity (Wildman–Crippen MR) is 56.6 cm³/mol. The topological polar surface area (TPSA) is 188 Å². The van der Waals surface area contributed by atoms with E-state index in [1.165, 1.54) is 0 Å². The Kier molecular flexibility index (Phi) is 6.81. The van der Waals surface area contributed by atoms with E-state index < -0.39 is 52.4 Å². The Morgan fingerprint density at radius 3 is 1.79 bits per heavy atom. The van der Waals surface area contributed by atoms with Crippen LogP contribution in [0.25, 0.3) is 0 Å². The molecule has 11 nitrogen and oxygen atoms in total. The van der Waals surface area contributed by atoms with E-state index in [0.717, 1.165) is 0 Å². The van der Waals surface area contributed by atoms with Crippen molar-refractivity contribution in [3.05, 3.63) is 0 Å². The molecule has 0 aliphatic heterocycles. The number of hydrogen-bond donors (Lipinski definition) is 5. The second-order valence-corrected chi connectivity index (χ2v) is 6.46. The molecular formula is C6H12O11P2. The van der Waals surface area contributed by atoms with Crippen molar-refractivity contribution in [3.8, 4) is 0 Å². The van der Waals surface area contributed by atoms with Crippen LogP contribution in [0.15, 0.2) is 0 Å². The second kappa shape index (κ2) is 7.11. The first-order chi connectivity index (χ1) is 8.41. The molecule has 1 unspecified atom stereocenters. The van der Waals surface area contributed by atoms with Gasteiger partial charge >= 0.3 is 27.1 Å². The fourth-order valence-corrected chi connectivity index (χ4v) is 1.31. The molecule has 0 fully saturated rings. The van der Waals surface area contributed by atoms with Crippen LogP contribution >= 0.6 is 15.2 Å². The monoisotopic (exact) mass is 322 g/mol. The van der Waals surface area contributed by atoms with Gasteiger partial charge in [-0.1, -0.05) is 0 Å². The highest BCUT2D eigenvalue weighted by Gasteiger charge is 2.25. The van der Waals surface area contributed by atoms with Crippen LogP contribution in [0.4, 0.5) is 0 Å². The average Bonchev–Trinajstić information content (AvgIpc) is 2.21. The summed E-state index contributed by atoms with van der Waals surface area (Å²) in [6.07, 6.45) is -5.51. The zero-order valence-corrected chi connectivity index (χ0v) is 11.1. The van der Waals surface area contributed by atoms with Crippen LogP contribution in [0, 0.1) is 0 Å². The number of hydrogen-bond acceptors (Lipinski definition) is 7. The van der Waals surface area contributed by atoms with Crippen LogP contribution < -0.4 is 0 Å². The third-order valence-electron chi connectivity index (χ3n) is 1.40. The van der Waals surface area contributed by atoms with Crippen molar-refractivity contribution in [2.24, 2.45) is 0 Å². The number of ether oxygens (including phenoxy) is 2. The minimum Gasteiger partial charge on any atom is -0.453 e. The summed E-state index contributed by atoms with van der Waals surface area (Å²) in [5.74, 6) is -2.76. The molecule has 0 spiro atoms. The summed E-state index contributed by atoms with van der Waals surface area (Å²) in [4.78, 5) is 55.4. The van der Waals surface area contributed by atoms with Gasteiger partial charge in [0.25, 0.3) is 0 Å². The van der Waals surface area contributed by atoms with E-state index in [0.29, 0.717) is 0 Å². The molecule has 0 bridgehead atoms. The maximum absolute atomic E-state index is 10.9. The van der Waals surface area contributed by atoms with Crippen LogP contribution in [0.3, 0.4) is 0 Å². The van der Waals surface area contributed by atoms with Crippen LogP contribution in [-0.2, 0) is 28.2 Å². The zero-order chi connectivity index (χ0) is 15.3. The molecule has 0 aliphatic rings. The summed E-state index contributed by atoms with van der Waals surface area (Å²) in [5, 5.41) is 9.09. The third-order valence-corrected chi connectivity index (χ3v) is 2.33. The minimum absolute atomic E-state index is 0.972. The minimum atomic E-state index is -4.60. The molecule has 0 aromatic carbocycles. The summed E-state index contributed by atoms with van der Waals surface area (Å²) in [5.41, 5.74) is 0. The smallest absolute Gasteiger partial charge is 0.362 e. The SMILES string of the molecule is O=C(CC(O)C(=O)OCP(=O)(O)O)OCP(=O)(O)O. The van der Waals surface area contributed by atoms with Crippen molar-refractivity contribution in [2.75, 3.05) is 12.7 Å². The Bertz CT molecular complexity index is 419. The second-order valence-electron chi connectivity index (χ2n) is 3.29. The van der Waals surface area contributed by atoms with Gasteiger partial charge in [-0.05, 0) is 0 Å². The van der Waals surface area contributed by atoms with E-state index >= 15 is 0 Å². The highest BCUT2D eigenvalue weighted by atomic mass is 31.2. The number of aliphatic hydroxyl groups excluding tert-OH is 1. The lowest BCUT2D eigenvalue weighted by molar-refractivity contribution is -0.158. The van der Waals surface area contributed by atoms with E-state index in [-0.39, 0.29) is 0 Å². The molecule has 0 aromatic rings. The standard InChI is InChI=1S/C6H12O11P2/c7-4(6(9)17-3-19(13,14)15)1-5(8)16-2-18(10,11)12/h4,7H,1-3H2,(H2,10,11,12)(H2,13,14,15). The van der Waals surface area contributed by atoms with Gasteiger partial charge in [0.1, 0.15) is 0 Å². The molecule has 112 valence electrons. The third kappa shape index (κ3) is 10.8. The number of rotatable bonds is 7. The lowest BCUT2D eigenvalue weighted by atomic mass is 10.2. The molecule has 0 saturated carbocycles. The molecule has 1 atom stereocenters. The molecule has 0 radical (unpaired) electrons. The van der Waals surface area contributed by atoms with E-state index in [1.54, 1.807) is 0 Å². The Morgan fingerprint density at radius 2 is 1.37 bits per heavy atom. The summed E-state index contributed by atoms with van der Waals surface area (Å²) in [6, 6.07) is 0. The lowest BCUT2D eigenvalue weighted by Crippen LogP contribution is -2.27. The largest absolute Gasteiger partial charge is 0.453 e. The van der Waals surface area contributed by atoms with E-state index in [9.17, 15) is 18.7 Å². The number of carbonyl (C=O) groups is 2. The van der Waals surface area contributed by atoms with Crippen molar-refractivity contribution in [1.29, 1.82) is 0 Å². The van der Waals surface area contributed by atoms with Gasteiger partial charge < -0.3 is 34.2 Å². The van der Waals surface area contributed by atoms with Crippen molar-refractivity contribution in [1.82, 2.24) is 0 Å². The van der Waals surface area contributed by atoms with Crippen molar-refractivity contribution >= 4 is 27.1 Å². The van der Waals surface area contributed by atoms with Crippen molar-refractivity contribution in [3.63, 3.8) is 0 Å². The molecule has 0 aliphatic carbocycles. The van der Waals surface area contributed by atoms with Gasteiger partial charge in [-0.3, -0.25) is 13.9 Å². The van der Waals surface area contributed by atoms with Crippen LogP contribution in [-0.4, -0.2) is 55.4 Å². The molecule has 13 heteroatoms. The number of carbonyl (C=O) groups excluding carboxylic acids is 2. The summed E-state index contributed by atoms with van der Waals surface area (Å²) in [7, 11) is -9.17. The zero-order valence-electron chi connectivity index (χ0n) is 9.28. The Labute approximate surface area is 106 Å². The summed E-state index contributed by atoms with van der Waals surface area (Å²) < 4.78 is 28.7. The van der Waals surface area contributed by atoms with Gasteiger partial charge in [-0.25, -0.2) is 4.79 Å². The summed E-state index contributed by atoms with van der Waals surface area (Å²) in [6.45, 7) is 0. The van der Waals surface area contributed by atoms with E-state index in [2.05, 4.69) is 9.47 Å². The molecule has 0 amide bonds. The quantitative estimate of drug-likeness (QED) is 0.260. The highest BCUT2D eigenvalue weighted by Crippen LogP contribution is 2.34. The fraction of sp³-hybridized carbons (Fsp3) is 0.667. The van der Waals surface area contributed by atoms with Gasteiger partial charge in [-0.15, -0.1) is 0 Å². The lowest BCUT2D eigenvalue weighted by Gasteiger charge is -2.11. The highest BCUT2D eigenvalue weighted by molar-refractivity contribution is 7.51. The maximum Gasteiger partial charge on any atom is 0.362 e.